The maximum atomic E-state index is 9.00. The summed E-state index contributed by atoms with van der Waals surface area (Å²) in [4.78, 5) is 2.51. The summed E-state index contributed by atoms with van der Waals surface area (Å²) in [6, 6.07) is 15.3. The Morgan fingerprint density at radius 2 is 1.89 bits per heavy atom. The summed E-state index contributed by atoms with van der Waals surface area (Å²) in [7, 11) is 0. The van der Waals surface area contributed by atoms with E-state index in [0.717, 1.165) is 44.3 Å². The molecule has 148 valence electrons. The molecule has 4 heteroatoms. The van der Waals surface area contributed by atoms with Crippen molar-refractivity contribution in [2.24, 2.45) is 5.92 Å². The van der Waals surface area contributed by atoms with Crippen LogP contribution in [-0.2, 0) is 26.1 Å². The van der Waals surface area contributed by atoms with Crippen LogP contribution >= 0.6 is 0 Å². The zero-order valence-corrected chi connectivity index (χ0v) is 16.5. The van der Waals surface area contributed by atoms with Gasteiger partial charge in [0.1, 0.15) is 5.75 Å². The van der Waals surface area contributed by atoms with E-state index in [-0.39, 0.29) is 6.61 Å². The minimum Gasteiger partial charge on any atom is -0.493 e. The van der Waals surface area contributed by atoms with Gasteiger partial charge in [0.05, 0.1) is 13.2 Å². The fraction of sp³-hybridized carbons (Fsp3) is 0.417. The van der Waals surface area contributed by atoms with Crippen LogP contribution in [0.25, 0.3) is 0 Å². The number of aliphatic hydroxyl groups excluding tert-OH is 1. The van der Waals surface area contributed by atoms with Crippen LogP contribution in [0.1, 0.15) is 35.1 Å². The van der Waals surface area contributed by atoms with Gasteiger partial charge in [0.15, 0.2) is 0 Å². The molecule has 2 aromatic carbocycles. The first-order valence-corrected chi connectivity index (χ1v) is 10.3. The molecule has 0 radical (unpaired) electrons. The number of fused-ring (bicyclic) bond motifs is 1. The molecule has 4 rings (SSSR count). The van der Waals surface area contributed by atoms with Crippen molar-refractivity contribution < 1.29 is 9.84 Å². The first-order chi connectivity index (χ1) is 13.7. The molecule has 0 unspecified atom stereocenters. The van der Waals surface area contributed by atoms with Crippen LogP contribution in [0.4, 0.5) is 0 Å². The molecule has 0 aromatic heterocycles. The zero-order chi connectivity index (χ0) is 19.3. The van der Waals surface area contributed by atoms with Gasteiger partial charge in [-0.15, -0.1) is 0 Å². The lowest BCUT2D eigenvalue weighted by Crippen LogP contribution is -2.30. The third-order valence-corrected chi connectivity index (χ3v) is 5.61. The molecule has 2 N–H and O–H groups in total. The summed E-state index contributed by atoms with van der Waals surface area (Å²) in [5.74, 6) is 1.83. The van der Waals surface area contributed by atoms with Crippen LogP contribution in [0.15, 0.2) is 54.7 Å². The molecule has 2 aliphatic rings. The van der Waals surface area contributed by atoms with Crippen LogP contribution in [0.2, 0.25) is 0 Å². The van der Waals surface area contributed by atoms with Crippen molar-refractivity contribution in [2.75, 3.05) is 19.8 Å². The zero-order valence-electron chi connectivity index (χ0n) is 16.5. The van der Waals surface area contributed by atoms with Crippen LogP contribution in [-0.4, -0.2) is 29.8 Å². The highest BCUT2D eigenvalue weighted by atomic mass is 16.5. The monoisotopic (exact) mass is 378 g/mol. The van der Waals surface area contributed by atoms with Crippen molar-refractivity contribution in [3.05, 3.63) is 77.0 Å². The molecule has 0 bridgehead atoms. The summed E-state index contributed by atoms with van der Waals surface area (Å²) in [5.41, 5.74) is 6.04. The van der Waals surface area contributed by atoms with Crippen molar-refractivity contribution in [3.8, 4) is 5.75 Å². The molecule has 1 aliphatic carbocycles. The minimum atomic E-state index is -0.0251. The Hall–Kier alpha value is -2.30. The van der Waals surface area contributed by atoms with Gasteiger partial charge in [-0.05, 0) is 59.6 Å². The molecule has 0 atom stereocenters. The number of rotatable bonds is 9. The molecule has 0 spiro atoms. The van der Waals surface area contributed by atoms with Crippen LogP contribution < -0.4 is 10.1 Å². The largest absolute Gasteiger partial charge is 0.493 e. The lowest BCUT2D eigenvalue weighted by molar-refractivity contribution is 0.244. The van der Waals surface area contributed by atoms with Gasteiger partial charge in [0.25, 0.3) is 0 Å². The second-order valence-electron chi connectivity index (χ2n) is 8.08. The molecular formula is C24H30N2O2. The van der Waals surface area contributed by atoms with E-state index in [1.54, 1.807) is 0 Å². The molecule has 0 saturated heterocycles. The molecule has 1 heterocycles. The van der Waals surface area contributed by atoms with Crippen molar-refractivity contribution in [3.63, 3.8) is 0 Å². The summed E-state index contributed by atoms with van der Waals surface area (Å²) < 4.78 is 5.93. The fourth-order valence-corrected chi connectivity index (χ4v) is 3.61. The second-order valence-corrected chi connectivity index (χ2v) is 8.08. The molecule has 1 fully saturated rings. The summed E-state index contributed by atoms with van der Waals surface area (Å²) >= 11 is 0. The number of aliphatic hydroxyl groups is 1. The predicted molar refractivity (Wildman–Crippen MR) is 112 cm³/mol. The van der Waals surface area contributed by atoms with E-state index in [1.165, 1.54) is 35.1 Å². The molecule has 0 amide bonds. The maximum Gasteiger partial charge on any atom is 0.119 e. The number of nitrogens with zero attached hydrogens (tertiary/aromatic N) is 1. The third-order valence-electron chi connectivity index (χ3n) is 5.61. The smallest absolute Gasteiger partial charge is 0.119 e. The van der Waals surface area contributed by atoms with Crippen LogP contribution in [0.5, 0.6) is 5.75 Å². The molecular weight excluding hydrogens is 348 g/mol. The number of ether oxygens (including phenoxy) is 1. The SMILES string of the molecule is C=C(CO)NCc1ccc(CN2CCc3cc(OCC4CC4)ccc3C2)cc1. The second kappa shape index (κ2) is 8.80. The first kappa shape index (κ1) is 19.0. The number of hydrogen-bond acceptors (Lipinski definition) is 4. The van der Waals surface area contributed by atoms with Gasteiger partial charge in [-0.2, -0.15) is 0 Å². The highest BCUT2D eigenvalue weighted by molar-refractivity contribution is 5.37. The Kier molecular flexibility index (Phi) is 5.98. The van der Waals surface area contributed by atoms with E-state index in [1.807, 2.05) is 0 Å². The lowest BCUT2D eigenvalue weighted by Gasteiger charge is -2.29. The molecule has 2 aromatic rings. The average Bonchev–Trinajstić information content (AvgIpc) is 3.56. The van der Waals surface area contributed by atoms with E-state index in [2.05, 4.69) is 59.3 Å². The van der Waals surface area contributed by atoms with Crippen LogP contribution in [0.3, 0.4) is 0 Å². The number of nitrogens with one attached hydrogen (secondary N) is 1. The number of hydrogen-bond donors (Lipinski definition) is 2. The van der Waals surface area contributed by atoms with E-state index in [4.69, 9.17) is 9.84 Å². The van der Waals surface area contributed by atoms with Gasteiger partial charge >= 0.3 is 0 Å². The van der Waals surface area contributed by atoms with Gasteiger partial charge in [0.2, 0.25) is 0 Å². The highest BCUT2D eigenvalue weighted by Gasteiger charge is 2.22. The van der Waals surface area contributed by atoms with E-state index in [9.17, 15) is 0 Å². The Bertz CT molecular complexity index is 812. The van der Waals surface area contributed by atoms with E-state index < -0.39 is 0 Å². The predicted octanol–water partition coefficient (Wildman–Crippen LogP) is 3.63. The molecule has 4 nitrogen and oxygen atoms in total. The Labute approximate surface area is 167 Å². The van der Waals surface area contributed by atoms with Crippen LogP contribution in [0, 0.1) is 5.92 Å². The maximum absolute atomic E-state index is 9.00. The van der Waals surface area contributed by atoms with Gasteiger partial charge in [0, 0.05) is 31.9 Å². The van der Waals surface area contributed by atoms with Crippen molar-refractivity contribution in [2.45, 2.75) is 38.9 Å². The number of benzene rings is 2. The average molecular weight is 379 g/mol. The van der Waals surface area contributed by atoms with Gasteiger partial charge < -0.3 is 15.2 Å². The Morgan fingerprint density at radius 1 is 1.11 bits per heavy atom. The van der Waals surface area contributed by atoms with Crippen molar-refractivity contribution in [1.29, 1.82) is 0 Å². The highest BCUT2D eigenvalue weighted by Crippen LogP contribution is 2.30. The van der Waals surface area contributed by atoms with Crippen molar-refractivity contribution >= 4 is 0 Å². The fourth-order valence-electron chi connectivity index (χ4n) is 3.61. The standard InChI is InChI=1S/C24H30N2O2/c1-18(16-27)25-13-19-2-4-20(5-3-19)14-26-11-10-22-12-24(9-8-23(22)15-26)28-17-21-6-7-21/h2-5,8-9,12,21,25,27H,1,6-7,10-11,13-17H2. The Balaban J connectivity index is 1.30. The normalized spacial score (nSPS) is 16.5. The summed E-state index contributed by atoms with van der Waals surface area (Å²) in [6.07, 6.45) is 3.74. The van der Waals surface area contributed by atoms with Gasteiger partial charge in [-0.1, -0.05) is 36.9 Å². The molecule has 28 heavy (non-hydrogen) atoms. The van der Waals surface area contributed by atoms with E-state index in [0.29, 0.717) is 12.2 Å². The van der Waals surface area contributed by atoms with Crippen molar-refractivity contribution in [1.82, 2.24) is 10.2 Å². The molecule has 1 saturated carbocycles. The van der Waals surface area contributed by atoms with E-state index >= 15 is 0 Å². The minimum absolute atomic E-state index is 0.0251. The topological polar surface area (TPSA) is 44.7 Å². The third kappa shape index (κ3) is 5.15. The summed E-state index contributed by atoms with van der Waals surface area (Å²) in [5, 5.41) is 12.1. The summed E-state index contributed by atoms with van der Waals surface area (Å²) in [6.45, 7) is 8.35. The van der Waals surface area contributed by atoms with Gasteiger partial charge in [-0.3, -0.25) is 4.90 Å². The Morgan fingerprint density at radius 3 is 2.64 bits per heavy atom. The lowest BCUT2D eigenvalue weighted by atomic mass is 9.99. The first-order valence-electron chi connectivity index (χ1n) is 10.3. The molecule has 1 aliphatic heterocycles. The quantitative estimate of drug-likeness (QED) is 0.699. The van der Waals surface area contributed by atoms with Gasteiger partial charge in [-0.25, -0.2) is 0 Å².